The first-order valence-corrected chi connectivity index (χ1v) is 13.2. The highest BCUT2D eigenvalue weighted by atomic mass is 32.2. The lowest BCUT2D eigenvalue weighted by Gasteiger charge is -2.29. The standard InChI is InChI=1S/C25H20F6N4O3S/c26-16-2-4-17(5-3-16)39(37,38)35-20(10-21(28)24(35)7-8-24)22(36)32-11-14-1-6-19(27)18(9-14)15-12-33-23(34-13-15)25(29,30)31/h1-6,9,12-13,20-21H,7-8,10-11H2,(H,32,36)/t20-,21+/m0/s1. The van der Waals surface area contributed by atoms with E-state index < -0.39 is 57.3 Å². The molecule has 206 valence electrons. The van der Waals surface area contributed by atoms with Crippen molar-refractivity contribution in [2.75, 3.05) is 0 Å². The van der Waals surface area contributed by atoms with Gasteiger partial charge >= 0.3 is 6.18 Å². The molecule has 5 rings (SSSR count). The number of benzene rings is 2. The van der Waals surface area contributed by atoms with Gasteiger partial charge in [0.05, 0.1) is 10.4 Å². The minimum absolute atomic E-state index is 0.0306. The summed E-state index contributed by atoms with van der Waals surface area (Å²) in [7, 11) is -4.35. The van der Waals surface area contributed by atoms with Crippen LogP contribution in [0.2, 0.25) is 0 Å². The summed E-state index contributed by atoms with van der Waals surface area (Å²) in [5.74, 6) is -3.59. The van der Waals surface area contributed by atoms with Crippen molar-refractivity contribution in [1.82, 2.24) is 19.6 Å². The van der Waals surface area contributed by atoms with Gasteiger partial charge in [-0.3, -0.25) is 4.79 Å². The van der Waals surface area contributed by atoms with E-state index in [0.29, 0.717) is 5.56 Å². The van der Waals surface area contributed by atoms with Crippen LogP contribution in [0.4, 0.5) is 26.3 Å². The molecule has 2 fully saturated rings. The lowest BCUT2D eigenvalue weighted by atomic mass is 10.0. The fourth-order valence-electron chi connectivity index (χ4n) is 4.79. The van der Waals surface area contributed by atoms with Crippen molar-refractivity contribution in [3.8, 4) is 11.1 Å². The topological polar surface area (TPSA) is 92.3 Å². The molecule has 1 aliphatic carbocycles. The van der Waals surface area contributed by atoms with Crippen molar-refractivity contribution in [1.29, 1.82) is 0 Å². The molecule has 0 unspecified atom stereocenters. The summed E-state index contributed by atoms with van der Waals surface area (Å²) in [5.41, 5.74) is -1.15. The van der Waals surface area contributed by atoms with E-state index in [1.165, 1.54) is 12.1 Å². The molecule has 14 heteroatoms. The fraction of sp³-hybridized carbons (Fsp3) is 0.320. The van der Waals surface area contributed by atoms with E-state index in [2.05, 4.69) is 15.3 Å². The molecule has 1 spiro atoms. The Labute approximate surface area is 218 Å². The largest absolute Gasteiger partial charge is 0.451 e. The number of nitrogens with zero attached hydrogens (tertiary/aromatic N) is 3. The number of rotatable bonds is 6. The van der Waals surface area contributed by atoms with Crippen molar-refractivity contribution in [3.63, 3.8) is 0 Å². The maximum absolute atomic E-state index is 15.0. The Morgan fingerprint density at radius 1 is 1.05 bits per heavy atom. The van der Waals surface area contributed by atoms with Gasteiger partial charge in [0.2, 0.25) is 21.8 Å². The van der Waals surface area contributed by atoms with Gasteiger partial charge in [0.15, 0.2) is 0 Å². The zero-order valence-corrected chi connectivity index (χ0v) is 20.7. The number of carbonyl (C=O) groups excluding carboxylic acids is 1. The highest BCUT2D eigenvalue weighted by molar-refractivity contribution is 7.89. The van der Waals surface area contributed by atoms with Crippen LogP contribution in [0.3, 0.4) is 0 Å². The van der Waals surface area contributed by atoms with Crippen molar-refractivity contribution >= 4 is 15.9 Å². The highest BCUT2D eigenvalue weighted by Gasteiger charge is 2.67. The van der Waals surface area contributed by atoms with E-state index in [4.69, 9.17) is 0 Å². The quantitative estimate of drug-likeness (QED) is 0.444. The number of alkyl halides is 4. The molecule has 2 atom stereocenters. The average Bonchev–Trinajstić information content (AvgIpc) is 3.62. The summed E-state index contributed by atoms with van der Waals surface area (Å²) in [4.78, 5) is 19.3. The van der Waals surface area contributed by atoms with Gasteiger partial charge in [0, 0.05) is 36.5 Å². The molecule has 1 aromatic heterocycles. The van der Waals surface area contributed by atoms with Crippen molar-refractivity contribution < 1.29 is 39.6 Å². The first-order chi connectivity index (χ1) is 18.3. The molecule has 39 heavy (non-hydrogen) atoms. The summed E-state index contributed by atoms with van der Waals surface area (Å²) in [6.45, 7) is -0.210. The monoisotopic (exact) mass is 570 g/mol. The van der Waals surface area contributed by atoms with Crippen LogP contribution in [0, 0.1) is 11.6 Å². The number of amides is 1. The van der Waals surface area contributed by atoms with Gasteiger partial charge in [0.1, 0.15) is 23.8 Å². The molecule has 7 nitrogen and oxygen atoms in total. The maximum Gasteiger partial charge on any atom is 0.451 e. The SMILES string of the molecule is O=C(NCc1ccc(F)c(-c2cnc(C(F)(F)F)nc2)c1)[C@@H]1C[C@@H](F)C2(CC2)N1S(=O)(=O)c1ccc(F)cc1. The summed E-state index contributed by atoms with van der Waals surface area (Å²) in [6, 6.07) is 6.29. The fourth-order valence-corrected chi connectivity index (χ4v) is 6.79. The zero-order valence-electron chi connectivity index (χ0n) is 19.9. The van der Waals surface area contributed by atoms with Crippen LogP contribution in [0.25, 0.3) is 11.1 Å². The van der Waals surface area contributed by atoms with Gasteiger partial charge in [-0.1, -0.05) is 6.07 Å². The Hall–Kier alpha value is -3.52. The lowest BCUT2D eigenvalue weighted by molar-refractivity contribution is -0.145. The number of carbonyl (C=O) groups is 1. The molecular formula is C25H20F6N4O3S. The van der Waals surface area contributed by atoms with E-state index in [0.717, 1.165) is 47.0 Å². The first-order valence-electron chi connectivity index (χ1n) is 11.7. The normalized spacial score (nSPS) is 20.8. The molecule has 3 aromatic rings. The van der Waals surface area contributed by atoms with Crippen LogP contribution in [-0.4, -0.2) is 46.4 Å². The van der Waals surface area contributed by atoms with Gasteiger partial charge in [-0.2, -0.15) is 17.5 Å². The Balaban J connectivity index is 1.35. The number of hydrogen-bond donors (Lipinski definition) is 1. The van der Waals surface area contributed by atoms with Crippen molar-refractivity contribution in [3.05, 3.63) is 77.9 Å². The van der Waals surface area contributed by atoms with E-state index in [9.17, 15) is 35.2 Å². The first kappa shape index (κ1) is 27.1. The summed E-state index contributed by atoms with van der Waals surface area (Å²) < 4.78 is 109. The van der Waals surface area contributed by atoms with Crippen molar-refractivity contribution in [2.45, 2.75) is 54.6 Å². The van der Waals surface area contributed by atoms with Crippen LogP contribution in [0.5, 0.6) is 0 Å². The minimum atomic E-state index is -4.76. The zero-order chi connectivity index (χ0) is 28.2. The van der Waals surface area contributed by atoms with Crippen LogP contribution in [0.1, 0.15) is 30.7 Å². The van der Waals surface area contributed by atoms with Crippen LogP contribution in [0.15, 0.2) is 59.8 Å². The molecule has 1 saturated heterocycles. The molecular weight excluding hydrogens is 550 g/mol. The molecule has 2 heterocycles. The van der Waals surface area contributed by atoms with Crippen molar-refractivity contribution in [2.24, 2.45) is 0 Å². The lowest BCUT2D eigenvalue weighted by Crippen LogP contribution is -2.50. The Morgan fingerprint density at radius 3 is 2.28 bits per heavy atom. The molecule has 2 aliphatic rings. The molecule has 0 bridgehead atoms. The van der Waals surface area contributed by atoms with Crippen LogP contribution in [-0.2, 0) is 27.5 Å². The molecule has 1 aliphatic heterocycles. The van der Waals surface area contributed by atoms with Gasteiger partial charge in [-0.15, -0.1) is 0 Å². The third-order valence-electron chi connectivity index (χ3n) is 6.88. The second kappa shape index (κ2) is 9.59. The number of halogens is 6. The van der Waals surface area contributed by atoms with E-state index >= 15 is 4.39 Å². The number of aromatic nitrogens is 2. The molecule has 0 radical (unpaired) electrons. The highest BCUT2D eigenvalue weighted by Crippen LogP contribution is 2.55. The van der Waals surface area contributed by atoms with E-state index in [-0.39, 0.29) is 41.8 Å². The summed E-state index contributed by atoms with van der Waals surface area (Å²) in [6.07, 6.45) is -4.61. The summed E-state index contributed by atoms with van der Waals surface area (Å²) >= 11 is 0. The average molecular weight is 571 g/mol. The van der Waals surface area contributed by atoms with Gasteiger partial charge in [0.25, 0.3) is 0 Å². The second-order valence-corrected chi connectivity index (χ2v) is 11.2. The Bertz CT molecular complexity index is 1510. The Kier molecular flexibility index (Phi) is 6.66. The predicted molar refractivity (Wildman–Crippen MR) is 125 cm³/mol. The molecule has 1 amide bonds. The van der Waals surface area contributed by atoms with E-state index in [1.807, 2.05) is 0 Å². The number of sulfonamides is 1. The van der Waals surface area contributed by atoms with Gasteiger partial charge < -0.3 is 5.32 Å². The Morgan fingerprint density at radius 2 is 1.69 bits per heavy atom. The van der Waals surface area contributed by atoms with E-state index in [1.54, 1.807) is 0 Å². The van der Waals surface area contributed by atoms with Crippen LogP contribution < -0.4 is 5.32 Å². The van der Waals surface area contributed by atoms with Crippen LogP contribution >= 0.6 is 0 Å². The summed E-state index contributed by atoms with van der Waals surface area (Å²) in [5, 5.41) is 2.54. The molecule has 2 aromatic carbocycles. The minimum Gasteiger partial charge on any atom is -0.351 e. The third kappa shape index (κ3) is 4.98. The van der Waals surface area contributed by atoms with Gasteiger partial charge in [-0.25, -0.2) is 31.6 Å². The smallest absolute Gasteiger partial charge is 0.351 e. The third-order valence-corrected chi connectivity index (χ3v) is 8.89. The van der Waals surface area contributed by atoms with Gasteiger partial charge in [-0.05, 0) is 54.8 Å². The molecule has 1 N–H and O–H groups in total. The number of nitrogens with one attached hydrogen (secondary N) is 1. The molecule has 1 saturated carbocycles. The predicted octanol–water partition coefficient (Wildman–Crippen LogP) is 4.39. The second-order valence-electron chi connectivity index (χ2n) is 9.40. The number of hydrogen-bond acceptors (Lipinski definition) is 5. The maximum atomic E-state index is 15.0.